The van der Waals surface area contributed by atoms with Gasteiger partial charge in [0.25, 0.3) is 0 Å². The molecule has 1 atom stereocenters. The number of hydroxylamine groups is 2. The first-order valence-corrected chi connectivity index (χ1v) is 12.4. The zero-order valence-corrected chi connectivity index (χ0v) is 21.7. The number of carbonyl (C=O) groups excluding carboxylic acids is 1. The van der Waals surface area contributed by atoms with Crippen molar-refractivity contribution in [3.05, 3.63) is 59.7 Å². The lowest BCUT2D eigenvalue weighted by molar-refractivity contribution is -0.281. The van der Waals surface area contributed by atoms with E-state index in [1.54, 1.807) is 30.3 Å². The third-order valence-electron chi connectivity index (χ3n) is 7.19. The van der Waals surface area contributed by atoms with E-state index >= 15 is 0 Å². The first-order chi connectivity index (χ1) is 17.5. The third kappa shape index (κ3) is 5.63. The molecule has 2 aromatic carbocycles. The highest BCUT2D eigenvalue weighted by atomic mass is 19.4. The number of nitrogens with zero attached hydrogens (tertiary/aromatic N) is 3. The van der Waals surface area contributed by atoms with Crippen LogP contribution in [0.5, 0.6) is 0 Å². The van der Waals surface area contributed by atoms with Gasteiger partial charge >= 0.3 is 18.4 Å². The number of halogens is 6. The molecule has 0 bridgehead atoms. The van der Waals surface area contributed by atoms with Gasteiger partial charge in [-0.25, -0.2) is 4.79 Å². The molecular weight excluding hydrogens is 512 g/mol. The van der Waals surface area contributed by atoms with Crippen molar-refractivity contribution in [2.45, 2.75) is 76.4 Å². The lowest BCUT2D eigenvalue weighted by Gasteiger charge is -2.51. The zero-order chi connectivity index (χ0) is 28.1. The molecule has 2 aliphatic heterocycles. The van der Waals surface area contributed by atoms with Crippen molar-refractivity contribution in [1.29, 1.82) is 0 Å². The number of piperidine rings is 1. The molecule has 2 heterocycles. The summed E-state index contributed by atoms with van der Waals surface area (Å²) < 4.78 is 81.6. The summed E-state index contributed by atoms with van der Waals surface area (Å²) in [5.74, 6) is 0. The van der Waals surface area contributed by atoms with Crippen LogP contribution in [0.4, 0.5) is 42.5 Å². The minimum Gasteiger partial charge on any atom is -0.296 e. The standard InChI is InChI=1S/C27H31F6N3O2/c1-24(2)11-8-12-25(3,4)36(24)38-17-22-16-34(20-9-6-5-7-10-20)23(37)35(22)21-14-18(26(28,29)30)13-19(15-21)27(31,32)33/h5-7,9-10,13-15,22H,8,11-12,16-17H2,1-4H3. The van der Waals surface area contributed by atoms with Crippen LogP contribution in [0.15, 0.2) is 48.5 Å². The van der Waals surface area contributed by atoms with Crippen LogP contribution in [0.3, 0.4) is 0 Å². The molecule has 0 spiro atoms. The van der Waals surface area contributed by atoms with E-state index in [1.165, 1.54) is 4.90 Å². The molecule has 0 aliphatic carbocycles. The molecule has 4 rings (SSSR count). The molecule has 0 N–H and O–H groups in total. The number of para-hydroxylation sites is 1. The van der Waals surface area contributed by atoms with Crippen LogP contribution >= 0.6 is 0 Å². The fraction of sp³-hybridized carbons (Fsp3) is 0.519. The fourth-order valence-corrected chi connectivity index (χ4v) is 5.49. The van der Waals surface area contributed by atoms with Crippen LogP contribution in [0, 0.1) is 0 Å². The second kappa shape index (κ2) is 9.75. The maximum Gasteiger partial charge on any atom is 0.416 e. The lowest BCUT2D eigenvalue weighted by atomic mass is 9.82. The number of alkyl halides is 6. The fourth-order valence-electron chi connectivity index (χ4n) is 5.49. The van der Waals surface area contributed by atoms with E-state index in [0.717, 1.165) is 24.2 Å². The highest BCUT2D eigenvalue weighted by molar-refractivity contribution is 6.07. The normalized spacial score (nSPS) is 22.3. The number of carbonyl (C=O) groups is 1. The second-order valence-electron chi connectivity index (χ2n) is 11.1. The van der Waals surface area contributed by atoms with Gasteiger partial charge in [-0.15, -0.1) is 0 Å². The summed E-state index contributed by atoms with van der Waals surface area (Å²) >= 11 is 0. The summed E-state index contributed by atoms with van der Waals surface area (Å²) in [5, 5.41) is 1.85. The monoisotopic (exact) mass is 543 g/mol. The topological polar surface area (TPSA) is 36.0 Å². The summed E-state index contributed by atoms with van der Waals surface area (Å²) in [6.45, 7) is 7.98. The number of hydrogen-bond acceptors (Lipinski definition) is 3. The molecule has 2 amide bonds. The number of urea groups is 1. The summed E-state index contributed by atoms with van der Waals surface area (Å²) in [6, 6.07) is 8.10. The first kappa shape index (κ1) is 28.2. The van der Waals surface area contributed by atoms with Crippen LogP contribution in [0.1, 0.15) is 58.1 Å². The maximum absolute atomic E-state index is 13.6. The quantitative estimate of drug-likeness (QED) is 0.366. The summed E-state index contributed by atoms with van der Waals surface area (Å²) in [7, 11) is 0. The lowest BCUT2D eigenvalue weighted by Crippen LogP contribution is -2.59. The molecule has 2 fully saturated rings. The Hall–Kier alpha value is -2.79. The molecule has 2 aliphatic rings. The van der Waals surface area contributed by atoms with Gasteiger partial charge < -0.3 is 0 Å². The molecule has 1 unspecified atom stereocenters. The number of rotatable bonds is 5. The second-order valence-corrected chi connectivity index (χ2v) is 11.1. The summed E-state index contributed by atoms with van der Waals surface area (Å²) in [5.41, 5.74) is -3.67. The molecular formula is C27H31F6N3O2. The van der Waals surface area contributed by atoms with Crippen molar-refractivity contribution >= 4 is 17.4 Å². The Morgan fingerprint density at radius 1 is 0.842 bits per heavy atom. The number of benzene rings is 2. The molecule has 0 saturated carbocycles. The van der Waals surface area contributed by atoms with Gasteiger partial charge in [0.05, 0.1) is 30.3 Å². The van der Waals surface area contributed by atoms with Crippen LogP contribution in [-0.4, -0.2) is 41.4 Å². The van der Waals surface area contributed by atoms with Crippen molar-refractivity contribution in [1.82, 2.24) is 5.06 Å². The molecule has 2 aromatic rings. The largest absolute Gasteiger partial charge is 0.416 e. The Kier molecular flexibility index (Phi) is 7.24. The Morgan fingerprint density at radius 2 is 1.37 bits per heavy atom. The number of hydrogen-bond donors (Lipinski definition) is 0. The molecule has 2 saturated heterocycles. The third-order valence-corrected chi connectivity index (χ3v) is 7.19. The average Bonchev–Trinajstić information content (AvgIpc) is 3.13. The van der Waals surface area contributed by atoms with Gasteiger partial charge in [-0.05, 0) is 77.3 Å². The zero-order valence-electron chi connectivity index (χ0n) is 21.7. The number of amides is 2. The highest BCUT2D eigenvalue weighted by Crippen LogP contribution is 2.41. The Morgan fingerprint density at radius 3 is 1.87 bits per heavy atom. The molecule has 5 nitrogen and oxygen atoms in total. The van der Waals surface area contributed by atoms with Crippen molar-refractivity contribution in [2.24, 2.45) is 0 Å². The summed E-state index contributed by atoms with van der Waals surface area (Å²) in [6.07, 6.45) is -7.39. The van der Waals surface area contributed by atoms with Crippen LogP contribution in [0.25, 0.3) is 0 Å². The minimum absolute atomic E-state index is 0.0230. The van der Waals surface area contributed by atoms with Crippen molar-refractivity contribution in [3.8, 4) is 0 Å². The van der Waals surface area contributed by atoms with Crippen molar-refractivity contribution in [3.63, 3.8) is 0 Å². The van der Waals surface area contributed by atoms with Crippen molar-refractivity contribution in [2.75, 3.05) is 23.0 Å². The van der Waals surface area contributed by atoms with Crippen molar-refractivity contribution < 1.29 is 36.0 Å². The number of anilines is 2. The Labute approximate surface area is 217 Å². The van der Waals surface area contributed by atoms with E-state index < -0.39 is 41.2 Å². The molecule has 0 aromatic heterocycles. The van der Waals surface area contributed by atoms with Gasteiger partial charge in [0.2, 0.25) is 0 Å². The van der Waals surface area contributed by atoms with Gasteiger partial charge in [0.1, 0.15) is 0 Å². The van der Waals surface area contributed by atoms with Crippen LogP contribution in [0.2, 0.25) is 0 Å². The van der Waals surface area contributed by atoms with E-state index in [-0.39, 0.29) is 30.3 Å². The van der Waals surface area contributed by atoms with E-state index in [4.69, 9.17) is 4.84 Å². The smallest absolute Gasteiger partial charge is 0.296 e. The maximum atomic E-state index is 13.6. The predicted octanol–water partition coefficient (Wildman–Crippen LogP) is 7.51. The molecule has 208 valence electrons. The SMILES string of the molecule is CC1(C)CCCC(C)(C)N1OCC1CN(c2ccccc2)C(=O)N1c1cc(C(F)(F)F)cc(C(F)(F)F)c1. The Bertz CT molecular complexity index is 1120. The minimum atomic E-state index is -5.04. The van der Waals surface area contributed by atoms with Gasteiger partial charge in [0.15, 0.2) is 0 Å². The van der Waals surface area contributed by atoms with E-state index in [1.807, 2.05) is 32.8 Å². The molecule has 11 heteroatoms. The highest BCUT2D eigenvalue weighted by Gasteiger charge is 2.46. The molecule has 0 radical (unpaired) electrons. The van der Waals surface area contributed by atoms with Gasteiger partial charge in [0, 0.05) is 22.5 Å². The van der Waals surface area contributed by atoms with Gasteiger partial charge in [-0.1, -0.05) is 18.2 Å². The van der Waals surface area contributed by atoms with Gasteiger partial charge in [-0.3, -0.25) is 14.6 Å². The average molecular weight is 544 g/mol. The van der Waals surface area contributed by atoms with E-state index in [0.29, 0.717) is 17.8 Å². The summed E-state index contributed by atoms with van der Waals surface area (Å²) in [4.78, 5) is 22.1. The van der Waals surface area contributed by atoms with E-state index in [2.05, 4.69) is 0 Å². The first-order valence-electron chi connectivity index (χ1n) is 12.4. The van der Waals surface area contributed by atoms with E-state index in [9.17, 15) is 31.1 Å². The van der Waals surface area contributed by atoms with Crippen LogP contribution in [-0.2, 0) is 17.2 Å². The Balaban J connectivity index is 1.75. The van der Waals surface area contributed by atoms with Gasteiger partial charge in [-0.2, -0.15) is 31.4 Å². The molecule has 38 heavy (non-hydrogen) atoms. The predicted molar refractivity (Wildman–Crippen MR) is 132 cm³/mol. The van der Waals surface area contributed by atoms with Crippen LogP contribution < -0.4 is 9.80 Å².